The number of hydrogen-bond donors (Lipinski definition) is 1. The minimum absolute atomic E-state index is 0.0900. The minimum Gasteiger partial charge on any atom is -0.494 e. The highest BCUT2D eigenvalue weighted by atomic mass is 16.5. The standard InChI is InChI=1S/C14H19NO3/c1-2-18-13-5-3-11(4-6-13)14(17)10-15-8-7-12(16)9-15/h3-6,12,16H,2,7-10H2,1H3. The fourth-order valence-corrected chi connectivity index (χ4v) is 2.15. The number of aliphatic hydroxyl groups is 1. The third-order valence-corrected chi connectivity index (χ3v) is 3.10. The Hall–Kier alpha value is -1.39. The lowest BCUT2D eigenvalue weighted by molar-refractivity contribution is 0.0935. The quantitative estimate of drug-likeness (QED) is 0.800. The first-order valence-electron chi connectivity index (χ1n) is 6.35. The highest BCUT2D eigenvalue weighted by molar-refractivity contribution is 5.97. The molecule has 1 aliphatic heterocycles. The number of carbonyl (C=O) groups excluding carboxylic acids is 1. The summed E-state index contributed by atoms with van der Waals surface area (Å²) in [5.74, 6) is 0.873. The van der Waals surface area contributed by atoms with Gasteiger partial charge in [0.1, 0.15) is 5.75 Å². The molecule has 1 N–H and O–H groups in total. The Bertz CT molecular complexity index is 402. The number of β-amino-alcohol motifs (C(OH)–C–C–N with tert-alkyl or cyclic N) is 1. The molecule has 0 radical (unpaired) electrons. The molecule has 4 heteroatoms. The molecule has 1 aromatic rings. The molecular weight excluding hydrogens is 230 g/mol. The number of likely N-dealkylation sites (tertiary alicyclic amines) is 1. The maximum Gasteiger partial charge on any atom is 0.176 e. The van der Waals surface area contributed by atoms with Crippen molar-refractivity contribution in [2.24, 2.45) is 0 Å². The van der Waals surface area contributed by atoms with E-state index in [0.717, 1.165) is 18.7 Å². The van der Waals surface area contributed by atoms with Gasteiger partial charge < -0.3 is 9.84 Å². The van der Waals surface area contributed by atoms with Crippen LogP contribution in [0.2, 0.25) is 0 Å². The van der Waals surface area contributed by atoms with Crippen LogP contribution in [0.1, 0.15) is 23.7 Å². The van der Waals surface area contributed by atoms with E-state index in [1.165, 1.54) is 0 Å². The molecule has 1 saturated heterocycles. The van der Waals surface area contributed by atoms with E-state index in [-0.39, 0.29) is 11.9 Å². The molecule has 1 unspecified atom stereocenters. The number of rotatable bonds is 5. The molecule has 98 valence electrons. The number of ether oxygens (including phenoxy) is 1. The molecule has 1 fully saturated rings. The average Bonchev–Trinajstić information content (AvgIpc) is 2.76. The topological polar surface area (TPSA) is 49.8 Å². The Balaban J connectivity index is 1.92. The molecule has 0 saturated carbocycles. The summed E-state index contributed by atoms with van der Waals surface area (Å²) in [5, 5.41) is 9.41. The van der Waals surface area contributed by atoms with Crippen LogP contribution in [0.3, 0.4) is 0 Å². The van der Waals surface area contributed by atoms with Crippen molar-refractivity contribution in [3.05, 3.63) is 29.8 Å². The number of aliphatic hydroxyl groups excluding tert-OH is 1. The Labute approximate surface area is 107 Å². The van der Waals surface area contributed by atoms with E-state index in [1.807, 2.05) is 24.0 Å². The fourth-order valence-electron chi connectivity index (χ4n) is 2.15. The van der Waals surface area contributed by atoms with Crippen LogP contribution in [-0.2, 0) is 0 Å². The molecule has 4 nitrogen and oxygen atoms in total. The number of nitrogens with zero attached hydrogens (tertiary/aromatic N) is 1. The first-order valence-corrected chi connectivity index (χ1v) is 6.35. The maximum absolute atomic E-state index is 12.0. The fraction of sp³-hybridized carbons (Fsp3) is 0.500. The van der Waals surface area contributed by atoms with Crippen LogP contribution in [0, 0.1) is 0 Å². The summed E-state index contributed by atoms with van der Waals surface area (Å²) in [6, 6.07) is 7.21. The zero-order chi connectivity index (χ0) is 13.0. The van der Waals surface area contributed by atoms with Crippen LogP contribution in [0.4, 0.5) is 0 Å². The number of hydrogen-bond acceptors (Lipinski definition) is 4. The van der Waals surface area contributed by atoms with Gasteiger partial charge in [-0.2, -0.15) is 0 Å². The predicted molar refractivity (Wildman–Crippen MR) is 69.0 cm³/mol. The lowest BCUT2D eigenvalue weighted by Crippen LogP contribution is -2.28. The van der Waals surface area contributed by atoms with E-state index in [4.69, 9.17) is 4.74 Å². The number of ketones is 1. The van der Waals surface area contributed by atoms with Crippen molar-refractivity contribution in [1.82, 2.24) is 4.90 Å². The maximum atomic E-state index is 12.0. The summed E-state index contributed by atoms with van der Waals surface area (Å²) in [6.45, 7) is 4.33. The highest BCUT2D eigenvalue weighted by Gasteiger charge is 2.22. The van der Waals surface area contributed by atoms with Crippen LogP contribution >= 0.6 is 0 Å². The van der Waals surface area contributed by atoms with E-state index in [2.05, 4.69) is 0 Å². The van der Waals surface area contributed by atoms with Crippen molar-refractivity contribution in [2.75, 3.05) is 26.2 Å². The van der Waals surface area contributed by atoms with Crippen molar-refractivity contribution in [1.29, 1.82) is 0 Å². The summed E-state index contributed by atoms with van der Waals surface area (Å²) in [6.07, 6.45) is 0.481. The zero-order valence-electron chi connectivity index (χ0n) is 10.6. The normalized spacial score (nSPS) is 20.0. The van der Waals surface area contributed by atoms with Crippen molar-refractivity contribution in [3.8, 4) is 5.75 Å². The number of benzene rings is 1. The predicted octanol–water partition coefficient (Wildman–Crippen LogP) is 1.33. The monoisotopic (exact) mass is 249 g/mol. The van der Waals surface area contributed by atoms with Gasteiger partial charge in [-0.15, -0.1) is 0 Å². The van der Waals surface area contributed by atoms with Gasteiger partial charge in [-0.05, 0) is 37.6 Å². The molecule has 1 heterocycles. The Kier molecular flexibility index (Phi) is 4.33. The molecule has 18 heavy (non-hydrogen) atoms. The summed E-state index contributed by atoms with van der Waals surface area (Å²) in [5.41, 5.74) is 0.694. The van der Waals surface area contributed by atoms with Gasteiger partial charge in [0.2, 0.25) is 0 Å². The van der Waals surface area contributed by atoms with Crippen LogP contribution in [0.15, 0.2) is 24.3 Å². The van der Waals surface area contributed by atoms with Crippen molar-refractivity contribution < 1.29 is 14.6 Å². The zero-order valence-corrected chi connectivity index (χ0v) is 10.6. The summed E-state index contributed by atoms with van der Waals surface area (Å²) < 4.78 is 5.33. The van der Waals surface area contributed by atoms with E-state index in [9.17, 15) is 9.90 Å². The van der Waals surface area contributed by atoms with Crippen molar-refractivity contribution in [3.63, 3.8) is 0 Å². The molecule has 1 aromatic carbocycles. The van der Waals surface area contributed by atoms with Gasteiger partial charge in [-0.1, -0.05) is 0 Å². The van der Waals surface area contributed by atoms with Crippen LogP contribution in [0.25, 0.3) is 0 Å². The largest absolute Gasteiger partial charge is 0.494 e. The second-order valence-electron chi connectivity index (χ2n) is 4.56. The summed E-state index contributed by atoms with van der Waals surface area (Å²) in [7, 11) is 0. The van der Waals surface area contributed by atoms with Gasteiger partial charge in [0.15, 0.2) is 5.78 Å². The minimum atomic E-state index is -0.280. The van der Waals surface area contributed by atoms with Crippen LogP contribution in [0.5, 0.6) is 5.75 Å². The smallest absolute Gasteiger partial charge is 0.176 e. The van der Waals surface area contributed by atoms with E-state index < -0.39 is 0 Å². The van der Waals surface area contributed by atoms with Gasteiger partial charge in [0, 0.05) is 18.7 Å². The third kappa shape index (κ3) is 3.31. The first-order chi connectivity index (χ1) is 8.69. The van der Waals surface area contributed by atoms with E-state index >= 15 is 0 Å². The van der Waals surface area contributed by atoms with Crippen molar-refractivity contribution in [2.45, 2.75) is 19.4 Å². The lowest BCUT2D eigenvalue weighted by atomic mass is 10.1. The molecule has 0 spiro atoms. The van der Waals surface area contributed by atoms with Gasteiger partial charge in [-0.25, -0.2) is 0 Å². The second kappa shape index (κ2) is 5.98. The van der Waals surface area contributed by atoms with Gasteiger partial charge in [-0.3, -0.25) is 9.69 Å². The van der Waals surface area contributed by atoms with Gasteiger partial charge >= 0.3 is 0 Å². The SMILES string of the molecule is CCOc1ccc(C(=O)CN2CCC(O)C2)cc1. The lowest BCUT2D eigenvalue weighted by Gasteiger charge is -2.13. The van der Waals surface area contributed by atoms with Crippen molar-refractivity contribution >= 4 is 5.78 Å². The Morgan fingerprint density at radius 3 is 2.72 bits per heavy atom. The first kappa shape index (κ1) is 13.1. The molecule has 1 atom stereocenters. The Morgan fingerprint density at radius 1 is 1.44 bits per heavy atom. The van der Waals surface area contributed by atoms with E-state index in [1.54, 1.807) is 12.1 Å². The van der Waals surface area contributed by atoms with Gasteiger partial charge in [0.25, 0.3) is 0 Å². The average molecular weight is 249 g/mol. The molecule has 0 bridgehead atoms. The summed E-state index contributed by atoms with van der Waals surface area (Å²) in [4.78, 5) is 14.0. The Morgan fingerprint density at radius 2 is 2.17 bits per heavy atom. The molecule has 0 aliphatic carbocycles. The number of carbonyl (C=O) groups is 1. The second-order valence-corrected chi connectivity index (χ2v) is 4.56. The molecular formula is C14H19NO3. The number of Topliss-reactive ketones (excluding diaryl/α,β-unsaturated/α-hetero) is 1. The summed E-state index contributed by atoms with van der Waals surface area (Å²) >= 11 is 0. The molecule has 0 aromatic heterocycles. The van der Waals surface area contributed by atoms with Crippen LogP contribution < -0.4 is 4.74 Å². The third-order valence-electron chi connectivity index (χ3n) is 3.10. The molecule has 0 amide bonds. The highest BCUT2D eigenvalue weighted by Crippen LogP contribution is 2.14. The molecule has 2 rings (SSSR count). The van der Waals surface area contributed by atoms with E-state index in [0.29, 0.717) is 25.3 Å². The van der Waals surface area contributed by atoms with Gasteiger partial charge in [0.05, 0.1) is 19.3 Å². The van der Waals surface area contributed by atoms with Crippen LogP contribution in [-0.4, -0.2) is 48.1 Å². The molecule has 1 aliphatic rings.